The summed E-state index contributed by atoms with van der Waals surface area (Å²) in [6.45, 7) is 0.320. The van der Waals surface area contributed by atoms with Gasteiger partial charge in [0.2, 0.25) is 0 Å². The van der Waals surface area contributed by atoms with E-state index < -0.39 is 0 Å². The van der Waals surface area contributed by atoms with Crippen molar-refractivity contribution in [3.63, 3.8) is 0 Å². The van der Waals surface area contributed by atoms with E-state index in [0.29, 0.717) is 22.9 Å². The Bertz CT molecular complexity index is 459. The van der Waals surface area contributed by atoms with Crippen molar-refractivity contribution in [3.05, 3.63) is 45.4 Å². The molecule has 0 amide bonds. The van der Waals surface area contributed by atoms with E-state index in [1.807, 2.05) is 5.38 Å². The molecule has 5 heteroatoms. The highest BCUT2D eigenvalue weighted by atomic mass is 35.5. The molecule has 0 fully saturated rings. The fourth-order valence-corrected chi connectivity index (χ4v) is 2.00. The number of nitrogens with zero attached hydrogens (tertiary/aromatic N) is 1. The van der Waals surface area contributed by atoms with Gasteiger partial charge in [0.1, 0.15) is 17.4 Å². The molecule has 3 nitrogen and oxygen atoms in total. The Morgan fingerprint density at radius 2 is 2.31 bits per heavy atom. The van der Waals surface area contributed by atoms with E-state index in [-0.39, 0.29) is 6.61 Å². The van der Waals surface area contributed by atoms with Crippen LogP contribution >= 0.6 is 22.9 Å². The molecule has 16 heavy (non-hydrogen) atoms. The second-order valence-corrected chi connectivity index (χ2v) is 4.54. The number of ether oxygens (including phenoxy) is 1. The summed E-state index contributed by atoms with van der Waals surface area (Å²) in [6.07, 6.45) is 1.73. The molecule has 0 bridgehead atoms. The number of aliphatic hydroxyl groups excluding tert-OH is 1. The van der Waals surface area contributed by atoms with Crippen molar-refractivity contribution in [2.45, 2.75) is 13.2 Å². The summed E-state index contributed by atoms with van der Waals surface area (Å²) >= 11 is 7.35. The summed E-state index contributed by atoms with van der Waals surface area (Å²) in [5, 5.41) is 12.5. The molecule has 0 atom stereocenters. The molecule has 0 unspecified atom stereocenters. The first-order valence-corrected chi connectivity index (χ1v) is 5.96. The van der Waals surface area contributed by atoms with Crippen molar-refractivity contribution in [1.82, 2.24) is 4.98 Å². The number of aliphatic hydroxyl groups is 1. The molecule has 2 rings (SSSR count). The van der Waals surface area contributed by atoms with Crippen LogP contribution in [0.25, 0.3) is 0 Å². The predicted molar refractivity (Wildman–Crippen MR) is 63.8 cm³/mol. The van der Waals surface area contributed by atoms with Crippen LogP contribution in [0.2, 0.25) is 5.02 Å². The van der Waals surface area contributed by atoms with Gasteiger partial charge in [0.15, 0.2) is 0 Å². The molecular weight excluding hydrogens is 246 g/mol. The van der Waals surface area contributed by atoms with Gasteiger partial charge in [-0.25, -0.2) is 4.98 Å². The van der Waals surface area contributed by atoms with Gasteiger partial charge in [-0.1, -0.05) is 11.6 Å². The average Bonchev–Trinajstić information content (AvgIpc) is 2.80. The molecule has 0 saturated carbocycles. The lowest BCUT2D eigenvalue weighted by Crippen LogP contribution is -1.98. The Balaban J connectivity index is 2.09. The van der Waals surface area contributed by atoms with E-state index in [1.165, 1.54) is 11.3 Å². The summed E-state index contributed by atoms with van der Waals surface area (Å²) in [5.74, 6) is 0.641. The number of hydrogen-bond donors (Lipinski definition) is 1. The summed E-state index contributed by atoms with van der Waals surface area (Å²) < 4.78 is 5.56. The van der Waals surface area contributed by atoms with Gasteiger partial charge in [-0.05, 0) is 18.2 Å². The Hall–Kier alpha value is -1.10. The van der Waals surface area contributed by atoms with Gasteiger partial charge in [-0.15, -0.1) is 11.3 Å². The van der Waals surface area contributed by atoms with Gasteiger partial charge in [0.25, 0.3) is 0 Å². The van der Waals surface area contributed by atoms with Crippen LogP contribution in [0.15, 0.2) is 29.8 Å². The molecule has 1 aromatic heterocycles. The van der Waals surface area contributed by atoms with Crippen LogP contribution in [0.4, 0.5) is 0 Å². The lowest BCUT2D eigenvalue weighted by atomic mass is 10.2. The van der Waals surface area contributed by atoms with Crippen LogP contribution in [-0.2, 0) is 13.2 Å². The normalized spacial score (nSPS) is 10.4. The minimum atomic E-state index is -0.0895. The highest BCUT2D eigenvalue weighted by Crippen LogP contribution is 2.23. The fourth-order valence-electron chi connectivity index (χ4n) is 1.28. The smallest absolute Gasteiger partial charge is 0.140 e. The molecule has 0 spiro atoms. The van der Waals surface area contributed by atoms with Crippen molar-refractivity contribution in [3.8, 4) is 5.75 Å². The van der Waals surface area contributed by atoms with Gasteiger partial charge in [0, 0.05) is 22.2 Å². The maximum absolute atomic E-state index is 9.15. The monoisotopic (exact) mass is 255 g/mol. The standard InChI is InChI=1S/C11H10ClNO2S/c12-9-1-2-10(8(5-9)6-14)15-7-11-13-3-4-16-11/h1-5,14H,6-7H2. The number of hydrogen-bond acceptors (Lipinski definition) is 4. The van der Waals surface area contributed by atoms with E-state index in [9.17, 15) is 0 Å². The van der Waals surface area contributed by atoms with E-state index in [2.05, 4.69) is 4.98 Å². The Morgan fingerprint density at radius 3 is 3.00 bits per heavy atom. The van der Waals surface area contributed by atoms with Gasteiger partial charge in [-0.3, -0.25) is 0 Å². The van der Waals surface area contributed by atoms with E-state index >= 15 is 0 Å². The highest BCUT2D eigenvalue weighted by molar-refractivity contribution is 7.09. The highest BCUT2D eigenvalue weighted by Gasteiger charge is 2.04. The minimum absolute atomic E-state index is 0.0895. The zero-order valence-corrected chi connectivity index (χ0v) is 9.96. The summed E-state index contributed by atoms with van der Waals surface area (Å²) in [5.41, 5.74) is 0.684. The van der Waals surface area contributed by atoms with Crippen molar-refractivity contribution >= 4 is 22.9 Å². The largest absolute Gasteiger partial charge is 0.486 e. The third-order valence-corrected chi connectivity index (χ3v) is 3.02. The SMILES string of the molecule is OCc1cc(Cl)ccc1OCc1nccs1. The molecular formula is C11H10ClNO2S. The first kappa shape index (κ1) is 11.4. The molecule has 0 aliphatic carbocycles. The molecule has 1 aromatic carbocycles. The number of halogens is 1. The summed E-state index contributed by atoms with van der Waals surface area (Å²) in [7, 11) is 0. The Kier molecular flexibility index (Phi) is 3.77. The van der Waals surface area contributed by atoms with Gasteiger partial charge in [-0.2, -0.15) is 0 Å². The van der Waals surface area contributed by atoms with Crippen LogP contribution in [0.5, 0.6) is 5.75 Å². The van der Waals surface area contributed by atoms with E-state index in [4.69, 9.17) is 21.4 Å². The first-order valence-electron chi connectivity index (χ1n) is 4.70. The number of benzene rings is 1. The summed E-state index contributed by atoms with van der Waals surface area (Å²) in [6, 6.07) is 5.18. The van der Waals surface area contributed by atoms with Crippen molar-refractivity contribution < 1.29 is 9.84 Å². The zero-order valence-electron chi connectivity index (χ0n) is 8.39. The molecule has 0 aliphatic rings. The topological polar surface area (TPSA) is 42.4 Å². The van der Waals surface area contributed by atoms with Crippen LogP contribution in [0.3, 0.4) is 0 Å². The van der Waals surface area contributed by atoms with Gasteiger partial charge < -0.3 is 9.84 Å². The average molecular weight is 256 g/mol. The maximum Gasteiger partial charge on any atom is 0.140 e. The third kappa shape index (κ3) is 2.72. The fraction of sp³-hybridized carbons (Fsp3) is 0.182. The second-order valence-electron chi connectivity index (χ2n) is 3.12. The predicted octanol–water partition coefficient (Wildman–Crippen LogP) is 2.87. The molecule has 0 aliphatic heterocycles. The Morgan fingerprint density at radius 1 is 1.44 bits per heavy atom. The lowest BCUT2D eigenvalue weighted by Gasteiger charge is -2.08. The molecule has 84 valence electrons. The minimum Gasteiger partial charge on any atom is -0.486 e. The van der Waals surface area contributed by atoms with Gasteiger partial charge >= 0.3 is 0 Å². The zero-order chi connectivity index (χ0) is 11.4. The van der Waals surface area contributed by atoms with Crippen LogP contribution in [0.1, 0.15) is 10.6 Å². The van der Waals surface area contributed by atoms with Crippen molar-refractivity contribution in [1.29, 1.82) is 0 Å². The molecule has 1 N–H and O–H groups in total. The van der Waals surface area contributed by atoms with Gasteiger partial charge in [0.05, 0.1) is 6.61 Å². The first-order chi connectivity index (χ1) is 7.79. The Labute approximate surface area is 102 Å². The van der Waals surface area contributed by atoms with Crippen LogP contribution in [-0.4, -0.2) is 10.1 Å². The van der Waals surface area contributed by atoms with Crippen molar-refractivity contribution in [2.24, 2.45) is 0 Å². The van der Waals surface area contributed by atoms with Crippen LogP contribution < -0.4 is 4.74 Å². The number of aromatic nitrogens is 1. The number of thiazole rings is 1. The van der Waals surface area contributed by atoms with E-state index in [0.717, 1.165) is 5.01 Å². The quantitative estimate of drug-likeness (QED) is 0.914. The molecule has 1 heterocycles. The van der Waals surface area contributed by atoms with Crippen molar-refractivity contribution in [2.75, 3.05) is 0 Å². The maximum atomic E-state index is 9.15. The third-order valence-electron chi connectivity index (χ3n) is 2.03. The van der Waals surface area contributed by atoms with E-state index in [1.54, 1.807) is 24.4 Å². The number of rotatable bonds is 4. The molecule has 0 radical (unpaired) electrons. The second kappa shape index (κ2) is 5.30. The van der Waals surface area contributed by atoms with Crippen LogP contribution in [0, 0.1) is 0 Å². The molecule has 0 saturated heterocycles. The summed E-state index contributed by atoms with van der Waals surface area (Å²) in [4.78, 5) is 4.11. The molecule has 2 aromatic rings. The lowest BCUT2D eigenvalue weighted by molar-refractivity contribution is 0.259.